The van der Waals surface area contributed by atoms with E-state index in [1.54, 1.807) is 48.5 Å². The average molecular weight is 451 g/mol. The van der Waals surface area contributed by atoms with Gasteiger partial charge >= 0.3 is 0 Å². The molecule has 0 bridgehead atoms. The van der Waals surface area contributed by atoms with E-state index in [0.29, 0.717) is 21.5 Å². The number of carbonyl (C=O) groups excluding carboxylic acids is 2. The molecule has 0 unspecified atom stereocenters. The van der Waals surface area contributed by atoms with Crippen LogP contribution in [0.25, 0.3) is 0 Å². The molecule has 0 saturated heterocycles. The van der Waals surface area contributed by atoms with Gasteiger partial charge in [0.25, 0.3) is 11.8 Å². The fourth-order valence-corrected chi connectivity index (χ4v) is 3.53. The minimum absolute atomic E-state index is 0.0413. The predicted octanol–water partition coefficient (Wildman–Crippen LogP) is 3.99. The molecule has 0 aliphatic heterocycles. The molecule has 1 aliphatic carbocycles. The Labute approximate surface area is 185 Å². The monoisotopic (exact) mass is 450 g/mol. The van der Waals surface area contributed by atoms with Gasteiger partial charge in [-0.15, -0.1) is 0 Å². The van der Waals surface area contributed by atoms with Crippen molar-refractivity contribution in [1.29, 1.82) is 0 Å². The summed E-state index contributed by atoms with van der Waals surface area (Å²) >= 11 is 11.6. The van der Waals surface area contributed by atoms with Gasteiger partial charge < -0.3 is 20.1 Å². The molecular formula is C22H24Cl2N2O4. The van der Waals surface area contributed by atoms with Crippen molar-refractivity contribution in [2.45, 2.75) is 37.8 Å². The maximum absolute atomic E-state index is 12.1. The Kier molecular flexibility index (Phi) is 8.22. The third-order valence-corrected chi connectivity index (χ3v) is 5.33. The molecule has 30 heavy (non-hydrogen) atoms. The van der Waals surface area contributed by atoms with Crippen LogP contribution in [0.5, 0.6) is 11.5 Å². The van der Waals surface area contributed by atoms with E-state index in [4.69, 9.17) is 32.7 Å². The molecule has 8 heteroatoms. The van der Waals surface area contributed by atoms with Crippen LogP contribution in [-0.4, -0.2) is 37.1 Å². The van der Waals surface area contributed by atoms with E-state index in [2.05, 4.69) is 10.6 Å². The summed E-state index contributed by atoms with van der Waals surface area (Å²) in [5.41, 5.74) is 0. The van der Waals surface area contributed by atoms with Crippen molar-refractivity contribution < 1.29 is 19.1 Å². The zero-order valence-electron chi connectivity index (χ0n) is 16.4. The van der Waals surface area contributed by atoms with Crippen LogP contribution in [0, 0.1) is 0 Å². The Bertz CT molecular complexity index is 764. The number of hydrogen-bond donors (Lipinski definition) is 2. The van der Waals surface area contributed by atoms with Crippen LogP contribution in [-0.2, 0) is 9.59 Å². The van der Waals surface area contributed by atoms with E-state index in [-0.39, 0.29) is 37.1 Å². The van der Waals surface area contributed by atoms with Crippen molar-refractivity contribution in [2.24, 2.45) is 0 Å². The summed E-state index contributed by atoms with van der Waals surface area (Å²) in [5, 5.41) is 7.21. The zero-order chi connectivity index (χ0) is 21.3. The highest BCUT2D eigenvalue weighted by Crippen LogP contribution is 2.20. The van der Waals surface area contributed by atoms with Gasteiger partial charge in [0.1, 0.15) is 11.5 Å². The molecule has 1 saturated carbocycles. The van der Waals surface area contributed by atoms with Gasteiger partial charge in [0.15, 0.2) is 13.2 Å². The summed E-state index contributed by atoms with van der Waals surface area (Å²) in [6, 6.07) is 13.9. The lowest BCUT2D eigenvalue weighted by Gasteiger charge is -2.29. The highest BCUT2D eigenvalue weighted by atomic mass is 35.5. The number of amides is 2. The van der Waals surface area contributed by atoms with E-state index < -0.39 is 0 Å². The molecule has 0 heterocycles. The van der Waals surface area contributed by atoms with Gasteiger partial charge in [0.05, 0.1) is 0 Å². The van der Waals surface area contributed by atoms with Crippen LogP contribution in [0.4, 0.5) is 0 Å². The van der Waals surface area contributed by atoms with Gasteiger partial charge in [-0.1, -0.05) is 23.2 Å². The van der Waals surface area contributed by atoms with E-state index in [1.165, 1.54) is 0 Å². The first-order valence-corrected chi connectivity index (χ1v) is 10.6. The number of hydrogen-bond acceptors (Lipinski definition) is 4. The second-order valence-electron chi connectivity index (χ2n) is 7.17. The number of carbonyl (C=O) groups is 2. The molecule has 3 rings (SSSR count). The molecular weight excluding hydrogens is 427 g/mol. The maximum Gasteiger partial charge on any atom is 0.258 e. The van der Waals surface area contributed by atoms with Gasteiger partial charge in [-0.25, -0.2) is 0 Å². The van der Waals surface area contributed by atoms with Crippen LogP contribution in [0.15, 0.2) is 48.5 Å². The molecule has 0 spiro atoms. The van der Waals surface area contributed by atoms with E-state index in [1.807, 2.05) is 0 Å². The van der Waals surface area contributed by atoms with Crippen LogP contribution in [0.3, 0.4) is 0 Å². The van der Waals surface area contributed by atoms with Crippen molar-refractivity contribution in [3.8, 4) is 11.5 Å². The summed E-state index contributed by atoms with van der Waals surface area (Å²) in [5.74, 6) is 0.881. The molecule has 1 aliphatic rings. The Balaban J connectivity index is 1.31. The van der Waals surface area contributed by atoms with Crippen molar-refractivity contribution in [2.75, 3.05) is 13.2 Å². The Morgan fingerprint density at radius 2 is 1.03 bits per heavy atom. The molecule has 0 aromatic heterocycles. The molecule has 0 atom stereocenters. The lowest BCUT2D eigenvalue weighted by atomic mass is 9.91. The van der Waals surface area contributed by atoms with E-state index >= 15 is 0 Å². The number of halogens is 2. The first-order valence-electron chi connectivity index (χ1n) is 9.83. The smallest absolute Gasteiger partial charge is 0.258 e. The van der Waals surface area contributed by atoms with Gasteiger partial charge in [0.2, 0.25) is 0 Å². The highest BCUT2D eigenvalue weighted by molar-refractivity contribution is 6.30. The molecule has 1 fully saturated rings. The fraction of sp³-hybridized carbons (Fsp3) is 0.364. The van der Waals surface area contributed by atoms with Crippen LogP contribution in [0.2, 0.25) is 10.0 Å². The first-order chi connectivity index (χ1) is 14.5. The Hall–Kier alpha value is -2.44. The third-order valence-electron chi connectivity index (χ3n) is 4.82. The SMILES string of the molecule is O=C(COc1ccc(Cl)cc1)N[C@H]1CC[C@@H](NC(=O)COc2ccc(Cl)cc2)CC1. The second kappa shape index (κ2) is 11.1. The third kappa shape index (κ3) is 7.43. The van der Waals surface area contributed by atoms with Crippen LogP contribution in [0.1, 0.15) is 25.7 Å². The van der Waals surface area contributed by atoms with Crippen LogP contribution < -0.4 is 20.1 Å². The van der Waals surface area contributed by atoms with Crippen molar-refractivity contribution >= 4 is 35.0 Å². The van der Waals surface area contributed by atoms with E-state index in [9.17, 15) is 9.59 Å². The first kappa shape index (κ1) is 22.2. The Morgan fingerprint density at radius 1 is 0.700 bits per heavy atom. The lowest BCUT2D eigenvalue weighted by molar-refractivity contribution is -0.125. The summed E-state index contributed by atoms with van der Waals surface area (Å²) in [6.45, 7) is -0.0827. The molecule has 160 valence electrons. The minimum Gasteiger partial charge on any atom is -0.484 e. The molecule has 6 nitrogen and oxygen atoms in total. The fourth-order valence-electron chi connectivity index (χ4n) is 3.28. The standard InChI is InChI=1S/C22H24Cl2N2O4/c23-15-1-9-19(10-2-15)29-13-21(27)25-17-5-7-18(8-6-17)26-22(28)14-30-20-11-3-16(24)4-12-20/h1-4,9-12,17-18H,5-8,13-14H2,(H,25,27)(H,26,28)/t17-,18+. The minimum atomic E-state index is -0.159. The summed E-state index contributed by atoms with van der Waals surface area (Å²) in [4.78, 5) is 24.2. The normalized spacial score (nSPS) is 18.3. The zero-order valence-corrected chi connectivity index (χ0v) is 17.9. The van der Waals surface area contributed by atoms with Gasteiger partial charge in [-0.05, 0) is 74.2 Å². The highest BCUT2D eigenvalue weighted by Gasteiger charge is 2.23. The summed E-state index contributed by atoms with van der Waals surface area (Å²) in [7, 11) is 0. The van der Waals surface area contributed by atoms with Gasteiger partial charge in [0, 0.05) is 22.1 Å². The molecule has 0 radical (unpaired) electrons. The Morgan fingerprint density at radius 3 is 1.37 bits per heavy atom. The lowest BCUT2D eigenvalue weighted by Crippen LogP contribution is -2.45. The number of nitrogens with one attached hydrogen (secondary N) is 2. The molecule has 2 aromatic carbocycles. The predicted molar refractivity (Wildman–Crippen MR) is 116 cm³/mol. The second-order valence-corrected chi connectivity index (χ2v) is 8.04. The maximum atomic E-state index is 12.1. The quantitative estimate of drug-likeness (QED) is 0.637. The van der Waals surface area contributed by atoms with Gasteiger partial charge in [-0.2, -0.15) is 0 Å². The van der Waals surface area contributed by atoms with Crippen molar-refractivity contribution in [1.82, 2.24) is 10.6 Å². The van der Waals surface area contributed by atoms with Crippen LogP contribution >= 0.6 is 23.2 Å². The van der Waals surface area contributed by atoms with E-state index in [0.717, 1.165) is 25.7 Å². The average Bonchev–Trinajstić information content (AvgIpc) is 2.74. The molecule has 2 N–H and O–H groups in total. The summed E-state index contributed by atoms with van der Waals surface area (Å²) in [6.07, 6.45) is 3.21. The molecule has 2 amide bonds. The summed E-state index contributed by atoms with van der Waals surface area (Å²) < 4.78 is 10.9. The topological polar surface area (TPSA) is 76.7 Å². The van der Waals surface area contributed by atoms with Crippen molar-refractivity contribution in [3.63, 3.8) is 0 Å². The van der Waals surface area contributed by atoms with Gasteiger partial charge in [-0.3, -0.25) is 9.59 Å². The molecule has 2 aromatic rings. The number of rotatable bonds is 8. The number of ether oxygens (including phenoxy) is 2. The van der Waals surface area contributed by atoms with Crippen molar-refractivity contribution in [3.05, 3.63) is 58.6 Å². The number of benzene rings is 2. The largest absolute Gasteiger partial charge is 0.484 e.